The topological polar surface area (TPSA) is 112 Å². The fourth-order valence-corrected chi connectivity index (χ4v) is 5.49. The number of rotatable bonds is 8. The SMILES string of the molecule is CCC(C)(C)c1nc2cc(S(=O)(=[OH+])n3cc(C(=O)NC(C)C)cn3)ccc2n1CC1CCOCC1. The Labute approximate surface area is 206 Å². The van der Waals surface area contributed by atoms with Gasteiger partial charge in [-0.15, -0.1) is 4.09 Å². The van der Waals surface area contributed by atoms with Crippen molar-refractivity contribution in [1.82, 2.24) is 24.1 Å². The molecule has 2 aromatic heterocycles. The Balaban J connectivity index is 1.72. The molecule has 190 valence electrons. The van der Waals surface area contributed by atoms with E-state index < -0.39 is 10.0 Å². The van der Waals surface area contributed by atoms with E-state index in [1.165, 1.54) is 12.4 Å². The van der Waals surface area contributed by atoms with Crippen LogP contribution in [0.15, 0.2) is 35.5 Å². The van der Waals surface area contributed by atoms with Crippen LogP contribution in [0, 0.1) is 5.92 Å². The fraction of sp³-hybridized carbons (Fsp3) is 0.560. The molecular formula is C25H36N5O4S+. The molecular weight excluding hydrogens is 466 g/mol. The lowest BCUT2D eigenvalue weighted by molar-refractivity contribution is 0.0610. The van der Waals surface area contributed by atoms with E-state index in [0.29, 0.717) is 11.4 Å². The van der Waals surface area contributed by atoms with Gasteiger partial charge in [0.15, 0.2) is 0 Å². The molecule has 1 aliphatic heterocycles. The zero-order valence-corrected chi connectivity index (χ0v) is 22.0. The highest BCUT2D eigenvalue weighted by atomic mass is 32.2. The summed E-state index contributed by atoms with van der Waals surface area (Å²) in [6, 6.07) is 5.15. The lowest BCUT2D eigenvalue weighted by Crippen LogP contribution is -2.29. The Morgan fingerprint density at radius 2 is 2.03 bits per heavy atom. The van der Waals surface area contributed by atoms with Crippen molar-refractivity contribution < 1.29 is 17.9 Å². The first kappa shape index (κ1) is 25.4. The van der Waals surface area contributed by atoms with E-state index in [0.717, 1.165) is 54.4 Å². The van der Waals surface area contributed by atoms with E-state index >= 15 is 0 Å². The van der Waals surface area contributed by atoms with Gasteiger partial charge in [-0.3, -0.25) is 4.79 Å². The third-order valence-corrected chi connectivity index (χ3v) is 8.37. The smallest absolute Gasteiger partial charge is 0.381 e. The Kier molecular flexibility index (Phi) is 7.06. The number of amides is 1. The number of ether oxygens (including phenoxy) is 1. The van der Waals surface area contributed by atoms with Crippen molar-refractivity contribution in [3.8, 4) is 0 Å². The Hall–Kier alpha value is -2.72. The maximum Gasteiger partial charge on any atom is 0.417 e. The van der Waals surface area contributed by atoms with E-state index in [4.69, 9.17) is 9.72 Å². The number of hydrogen-bond acceptors (Lipinski definition) is 5. The van der Waals surface area contributed by atoms with Gasteiger partial charge in [-0.25, -0.2) is 9.19 Å². The molecule has 0 saturated carbocycles. The van der Waals surface area contributed by atoms with Crippen molar-refractivity contribution in [2.24, 2.45) is 5.92 Å². The first-order valence-corrected chi connectivity index (χ1v) is 13.7. The van der Waals surface area contributed by atoms with E-state index in [2.05, 4.69) is 35.8 Å². The predicted molar refractivity (Wildman–Crippen MR) is 135 cm³/mol. The number of imidazole rings is 1. The standard InChI is InChI=1S/C25H35N5O4S/c1-6-25(4,5)24-28-21-13-20(7-8-22(21)29(24)15-18-9-11-34-12-10-18)35(32,33)30-16-19(14-26-30)23(31)27-17(2)3/h7-8,13-14,16-18H,6,9-12,15H2,1-5H3,(H,27,31)/p+1. The van der Waals surface area contributed by atoms with Crippen LogP contribution >= 0.6 is 0 Å². The van der Waals surface area contributed by atoms with Crippen LogP contribution < -0.4 is 5.32 Å². The first-order valence-electron chi connectivity index (χ1n) is 12.2. The second-order valence-electron chi connectivity index (χ2n) is 10.2. The number of aromatic nitrogens is 4. The summed E-state index contributed by atoms with van der Waals surface area (Å²) in [6.45, 7) is 12.6. The van der Waals surface area contributed by atoms with Gasteiger partial charge in [-0.2, -0.15) is 9.31 Å². The summed E-state index contributed by atoms with van der Waals surface area (Å²) in [5.41, 5.74) is 1.71. The molecule has 1 atom stereocenters. The molecule has 1 unspecified atom stereocenters. The summed E-state index contributed by atoms with van der Waals surface area (Å²) in [4.78, 5) is 17.4. The quantitative estimate of drug-likeness (QED) is 0.470. The Morgan fingerprint density at radius 1 is 1.31 bits per heavy atom. The molecule has 0 aliphatic carbocycles. The normalized spacial score (nSPS) is 17.1. The molecule has 35 heavy (non-hydrogen) atoms. The van der Waals surface area contributed by atoms with E-state index in [-0.39, 0.29) is 27.8 Å². The van der Waals surface area contributed by atoms with Gasteiger partial charge < -0.3 is 14.6 Å². The van der Waals surface area contributed by atoms with Crippen LogP contribution in [0.1, 0.15) is 70.1 Å². The Morgan fingerprint density at radius 3 is 2.69 bits per heavy atom. The van der Waals surface area contributed by atoms with Crippen LogP contribution in [0.4, 0.5) is 0 Å². The monoisotopic (exact) mass is 502 g/mol. The second kappa shape index (κ2) is 9.73. The van der Waals surface area contributed by atoms with Gasteiger partial charge in [0.2, 0.25) is 0 Å². The zero-order chi connectivity index (χ0) is 25.4. The molecule has 10 heteroatoms. The molecule has 1 aliphatic rings. The number of carbonyl (C=O) groups excluding carboxylic acids is 1. The second-order valence-corrected chi connectivity index (χ2v) is 12.1. The average Bonchev–Trinajstić information content (AvgIpc) is 3.46. The number of nitrogens with zero attached hydrogens (tertiary/aromatic N) is 4. The summed E-state index contributed by atoms with van der Waals surface area (Å²) >= 11 is 0. The van der Waals surface area contributed by atoms with E-state index in [9.17, 15) is 13.2 Å². The van der Waals surface area contributed by atoms with Gasteiger partial charge in [0, 0.05) is 31.2 Å². The average molecular weight is 503 g/mol. The van der Waals surface area contributed by atoms with Crippen LogP contribution in [0.5, 0.6) is 0 Å². The summed E-state index contributed by atoms with van der Waals surface area (Å²) in [5.74, 6) is 1.15. The molecule has 1 saturated heterocycles. The molecule has 3 aromatic rings. The van der Waals surface area contributed by atoms with Gasteiger partial charge in [0.1, 0.15) is 10.7 Å². The summed E-state index contributed by atoms with van der Waals surface area (Å²) in [5, 5.41) is 6.78. The van der Waals surface area contributed by atoms with E-state index in [1.807, 2.05) is 19.9 Å². The van der Waals surface area contributed by atoms with Crippen molar-refractivity contribution in [1.29, 1.82) is 0 Å². The van der Waals surface area contributed by atoms with Crippen LogP contribution in [-0.4, -0.2) is 52.3 Å². The summed E-state index contributed by atoms with van der Waals surface area (Å²) in [6.07, 6.45) is 5.55. The molecule has 4 rings (SSSR count). The van der Waals surface area contributed by atoms with Crippen molar-refractivity contribution in [2.75, 3.05) is 13.2 Å². The number of carbonyl (C=O) groups is 1. The van der Waals surface area contributed by atoms with Crippen LogP contribution in [-0.2, 0) is 26.7 Å². The number of benzene rings is 1. The number of nitrogens with one attached hydrogen (secondary N) is 1. The first-order chi connectivity index (χ1) is 16.5. The lowest BCUT2D eigenvalue weighted by atomic mass is 9.89. The lowest BCUT2D eigenvalue weighted by Gasteiger charge is -2.27. The Bertz CT molecular complexity index is 1320. The van der Waals surface area contributed by atoms with Gasteiger partial charge in [-0.1, -0.05) is 20.8 Å². The van der Waals surface area contributed by atoms with Gasteiger partial charge in [-0.05, 0) is 57.2 Å². The largest absolute Gasteiger partial charge is 0.417 e. The highest BCUT2D eigenvalue weighted by Crippen LogP contribution is 2.32. The molecule has 1 amide bonds. The summed E-state index contributed by atoms with van der Waals surface area (Å²) in [7, 11) is -3.73. The molecule has 1 fully saturated rings. The third-order valence-electron chi connectivity index (χ3n) is 6.79. The number of hydrogen-bond donors (Lipinski definition) is 1. The molecule has 0 spiro atoms. The molecule has 1 aromatic carbocycles. The van der Waals surface area contributed by atoms with Crippen LogP contribution in [0.2, 0.25) is 0 Å². The summed E-state index contributed by atoms with van der Waals surface area (Å²) < 4.78 is 33.2. The van der Waals surface area contributed by atoms with Gasteiger partial charge in [0.05, 0.1) is 29.0 Å². The minimum absolute atomic E-state index is 0.0513. The van der Waals surface area contributed by atoms with Crippen molar-refractivity contribution >= 4 is 27.0 Å². The number of fused-ring (bicyclic) bond motifs is 1. The van der Waals surface area contributed by atoms with Gasteiger partial charge in [0.25, 0.3) is 5.91 Å². The minimum Gasteiger partial charge on any atom is -0.381 e. The maximum atomic E-state index is 13.4. The molecule has 3 heterocycles. The van der Waals surface area contributed by atoms with Gasteiger partial charge >= 0.3 is 10.0 Å². The molecule has 0 bridgehead atoms. The minimum atomic E-state index is -3.73. The fourth-order valence-electron chi connectivity index (χ4n) is 4.33. The van der Waals surface area contributed by atoms with Crippen molar-refractivity contribution in [3.63, 3.8) is 0 Å². The highest BCUT2D eigenvalue weighted by Gasteiger charge is 2.30. The molecule has 9 nitrogen and oxygen atoms in total. The van der Waals surface area contributed by atoms with E-state index in [1.54, 1.807) is 12.1 Å². The maximum absolute atomic E-state index is 13.4. The zero-order valence-electron chi connectivity index (χ0n) is 21.2. The van der Waals surface area contributed by atoms with Crippen LogP contribution in [0.25, 0.3) is 11.0 Å². The van der Waals surface area contributed by atoms with Crippen LogP contribution in [0.3, 0.4) is 0 Å². The third kappa shape index (κ3) is 5.13. The molecule has 0 radical (unpaired) electrons. The van der Waals surface area contributed by atoms with Crippen molar-refractivity contribution in [2.45, 2.75) is 76.8 Å². The highest BCUT2D eigenvalue weighted by molar-refractivity contribution is 7.89. The predicted octanol–water partition coefficient (Wildman–Crippen LogP) is 3.88. The molecule has 2 N–H and O–H groups in total. The van der Waals surface area contributed by atoms with Crippen molar-refractivity contribution in [3.05, 3.63) is 42.0 Å².